The highest BCUT2D eigenvalue weighted by molar-refractivity contribution is 5.91. The number of anilines is 1. The van der Waals surface area contributed by atoms with Crippen LogP contribution in [0, 0.1) is 0 Å². The van der Waals surface area contributed by atoms with E-state index in [2.05, 4.69) is 5.32 Å². The number of benzene rings is 1. The standard InChI is InChI=1S/C13H15NO4/c1-2-18-11(15)8-13(12(16)17)7-9-5-3-4-6-10(9)14-13/h3-6,14H,2,7-8H2,1H3,(H,16,17). The van der Waals surface area contributed by atoms with E-state index in [0.717, 1.165) is 11.3 Å². The summed E-state index contributed by atoms with van der Waals surface area (Å²) in [7, 11) is 0. The van der Waals surface area contributed by atoms with Gasteiger partial charge in [-0.25, -0.2) is 4.79 Å². The molecule has 5 nitrogen and oxygen atoms in total. The number of esters is 1. The molecule has 1 heterocycles. The molecule has 1 aromatic rings. The lowest BCUT2D eigenvalue weighted by Crippen LogP contribution is -2.47. The van der Waals surface area contributed by atoms with Crippen LogP contribution in [0.3, 0.4) is 0 Å². The first-order valence-electron chi connectivity index (χ1n) is 5.82. The molecule has 1 aliphatic heterocycles. The molecule has 1 aromatic carbocycles. The molecule has 1 atom stereocenters. The van der Waals surface area contributed by atoms with Crippen molar-refractivity contribution >= 4 is 17.6 Å². The number of aliphatic carboxylic acids is 1. The summed E-state index contributed by atoms with van der Waals surface area (Å²) in [6.07, 6.45) is 0.113. The van der Waals surface area contributed by atoms with E-state index in [0.29, 0.717) is 0 Å². The van der Waals surface area contributed by atoms with Gasteiger partial charge in [0.15, 0.2) is 5.54 Å². The second kappa shape index (κ2) is 4.68. The molecule has 0 aromatic heterocycles. The van der Waals surface area contributed by atoms with Gasteiger partial charge in [0.2, 0.25) is 0 Å². The van der Waals surface area contributed by atoms with Crippen molar-refractivity contribution in [3.05, 3.63) is 29.8 Å². The lowest BCUT2D eigenvalue weighted by Gasteiger charge is -2.24. The van der Waals surface area contributed by atoms with E-state index >= 15 is 0 Å². The predicted molar refractivity (Wildman–Crippen MR) is 65.4 cm³/mol. The van der Waals surface area contributed by atoms with Crippen LogP contribution in [0.25, 0.3) is 0 Å². The van der Waals surface area contributed by atoms with Crippen LogP contribution in [-0.2, 0) is 20.7 Å². The Morgan fingerprint density at radius 1 is 1.44 bits per heavy atom. The monoisotopic (exact) mass is 249 g/mol. The van der Waals surface area contributed by atoms with Crippen LogP contribution in [0.1, 0.15) is 18.9 Å². The number of nitrogens with one attached hydrogen (secondary N) is 1. The largest absolute Gasteiger partial charge is 0.479 e. The number of carboxylic acids is 1. The van der Waals surface area contributed by atoms with Gasteiger partial charge in [0.25, 0.3) is 0 Å². The van der Waals surface area contributed by atoms with Gasteiger partial charge in [-0.15, -0.1) is 0 Å². The van der Waals surface area contributed by atoms with Gasteiger partial charge in [-0.1, -0.05) is 18.2 Å². The highest BCUT2D eigenvalue weighted by Crippen LogP contribution is 2.34. The lowest BCUT2D eigenvalue weighted by molar-refractivity contribution is -0.151. The number of carbonyl (C=O) groups excluding carboxylic acids is 1. The summed E-state index contributed by atoms with van der Waals surface area (Å²) in [6.45, 7) is 1.95. The van der Waals surface area contributed by atoms with Gasteiger partial charge in [0.05, 0.1) is 13.0 Å². The minimum atomic E-state index is -1.28. The number of fused-ring (bicyclic) bond motifs is 1. The normalized spacial score (nSPS) is 20.9. The number of carbonyl (C=O) groups is 2. The molecule has 5 heteroatoms. The van der Waals surface area contributed by atoms with Gasteiger partial charge in [-0.2, -0.15) is 0 Å². The number of hydrogen-bond acceptors (Lipinski definition) is 4. The molecular formula is C13H15NO4. The Morgan fingerprint density at radius 3 is 2.78 bits per heavy atom. The summed E-state index contributed by atoms with van der Waals surface area (Å²) in [5.41, 5.74) is 0.393. The van der Waals surface area contributed by atoms with Gasteiger partial charge in [-0.05, 0) is 18.6 Å². The maximum Gasteiger partial charge on any atom is 0.330 e. The van der Waals surface area contributed by atoms with Gasteiger partial charge >= 0.3 is 11.9 Å². The van der Waals surface area contributed by atoms with Gasteiger partial charge in [-0.3, -0.25) is 4.79 Å². The zero-order valence-corrected chi connectivity index (χ0v) is 10.1. The molecule has 1 aliphatic rings. The zero-order valence-electron chi connectivity index (χ0n) is 10.1. The summed E-state index contributed by atoms with van der Waals surface area (Å²) < 4.78 is 4.84. The molecule has 0 spiro atoms. The summed E-state index contributed by atoms with van der Waals surface area (Å²) in [5, 5.41) is 12.3. The molecule has 96 valence electrons. The Bertz CT molecular complexity index is 459. The smallest absolute Gasteiger partial charge is 0.330 e. The fourth-order valence-electron chi connectivity index (χ4n) is 2.19. The SMILES string of the molecule is CCOC(=O)CC1(C(=O)O)Cc2ccccc2N1. The summed E-state index contributed by atoms with van der Waals surface area (Å²) >= 11 is 0. The van der Waals surface area contributed by atoms with Crippen molar-refractivity contribution in [2.45, 2.75) is 25.3 Å². The van der Waals surface area contributed by atoms with Crippen LogP contribution in [-0.4, -0.2) is 29.2 Å². The number of hydrogen-bond donors (Lipinski definition) is 2. The molecule has 18 heavy (non-hydrogen) atoms. The molecule has 0 bridgehead atoms. The first-order valence-corrected chi connectivity index (χ1v) is 5.82. The molecule has 1 unspecified atom stereocenters. The summed E-state index contributed by atoms with van der Waals surface area (Å²) in [5.74, 6) is -1.54. The number of carboxylic acid groups (broad SMARTS) is 1. The minimum Gasteiger partial charge on any atom is -0.479 e. The lowest BCUT2D eigenvalue weighted by atomic mass is 9.91. The van der Waals surface area contributed by atoms with E-state index in [1.165, 1.54) is 0 Å². The third kappa shape index (κ3) is 2.16. The van der Waals surface area contributed by atoms with Crippen molar-refractivity contribution in [3.8, 4) is 0 Å². The minimum absolute atomic E-state index is 0.176. The summed E-state index contributed by atoms with van der Waals surface area (Å²) in [4.78, 5) is 23.0. The van der Waals surface area contributed by atoms with Gasteiger partial charge < -0.3 is 15.2 Å². The van der Waals surface area contributed by atoms with Crippen molar-refractivity contribution in [2.75, 3.05) is 11.9 Å². The second-order valence-electron chi connectivity index (χ2n) is 4.33. The predicted octanol–water partition coefficient (Wildman–Crippen LogP) is 1.43. The zero-order chi connectivity index (χ0) is 13.2. The summed E-state index contributed by atoms with van der Waals surface area (Å²) in [6, 6.07) is 7.35. The first-order chi connectivity index (χ1) is 8.57. The molecule has 0 saturated carbocycles. The topological polar surface area (TPSA) is 75.6 Å². The van der Waals surface area contributed by atoms with E-state index in [1.807, 2.05) is 24.3 Å². The van der Waals surface area contributed by atoms with E-state index in [1.54, 1.807) is 6.92 Å². The molecule has 0 amide bonds. The third-order valence-corrected chi connectivity index (χ3v) is 3.04. The van der Waals surface area contributed by atoms with Crippen molar-refractivity contribution in [1.82, 2.24) is 0 Å². The second-order valence-corrected chi connectivity index (χ2v) is 4.33. The first kappa shape index (κ1) is 12.4. The molecule has 0 aliphatic carbocycles. The maximum absolute atomic E-state index is 11.5. The van der Waals surface area contributed by atoms with Gasteiger partial charge in [0, 0.05) is 12.1 Å². The van der Waals surface area contributed by atoms with E-state index < -0.39 is 17.5 Å². The molecule has 0 fully saturated rings. The Labute approximate surface area is 105 Å². The molecule has 0 saturated heterocycles. The van der Waals surface area contributed by atoms with Crippen molar-refractivity contribution in [3.63, 3.8) is 0 Å². The highest BCUT2D eigenvalue weighted by atomic mass is 16.5. The van der Waals surface area contributed by atoms with E-state index in [9.17, 15) is 14.7 Å². The Morgan fingerprint density at radius 2 is 2.17 bits per heavy atom. The Kier molecular flexibility index (Phi) is 3.23. The van der Waals surface area contributed by atoms with Crippen LogP contribution in [0.5, 0.6) is 0 Å². The number of para-hydroxylation sites is 1. The Balaban J connectivity index is 2.22. The Hall–Kier alpha value is -2.04. The molecule has 2 rings (SSSR count). The van der Waals surface area contributed by atoms with Crippen molar-refractivity contribution in [2.24, 2.45) is 0 Å². The quantitative estimate of drug-likeness (QED) is 0.789. The number of rotatable bonds is 4. The third-order valence-electron chi connectivity index (χ3n) is 3.04. The van der Waals surface area contributed by atoms with Crippen LogP contribution in [0.15, 0.2) is 24.3 Å². The molecular weight excluding hydrogens is 234 g/mol. The molecule has 2 N–H and O–H groups in total. The van der Waals surface area contributed by atoms with Crippen LogP contribution < -0.4 is 5.32 Å². The average Bonchev–Trinajstić information content (AvgIpc) is 2.68. The fourth-order valence-corrected chi connectivity index (χ4v) is 2.19. The fraction of sp³-hybridized carbons (Fsp3) is 0.385. The van der Waals surface area contributed by atoms with Gasteiger partial charge in [0.1, 0.15) is 0 Å². The van der Waals surface area contributed by atoms with Crippen LogP contribution in [0.2, 0.25) is 0 Å². The van der Waals surface area contributed by atoms with Crippen LogP contribution in [0.4, 0.5) is 5.69 Å². The number of ether oxygens (including phenoxy) is 1. The van der Waals surface area contributed by atoms with E-state index in [-0.39, 0.29) is 19.4 Å². The van der Waals surface area contributed by atoms with Crippen LogP contribution >= 0.6 is 0 Å². The van der Waals surface area contributed by atoms with E-state index in [4.69, 9.17) is 4.74 Å². The molecule has 0 radical (unpaired) electrons. The average molecular weight is 249 g/mol. The van der Waals surface area contributed by atoms with Crippen molar-refractivity contribution < 1.29 is 19.4 Å². The maximum atomic E-state index is 11.5. The van der Waals surface area contributed by atoms with Crippen molar-refractivity contribution in [1.29, 1.82) is 0 Å². The highest BCUT2D eigenvalue weighted by Gasteiger charge is 2.45.